The lowest BCUT2D eigenvalue weighted by molar-refractivity contribution is -0.0464. The Balaban J connectivity index is 2.44. The van der Waals surface area contributed by atoms with Gasteiger partial charge in [-0.15, -0.1) is 0 Å². The lowest BCUT2D eigenvalue weighted by Gasteiger charge is -2.17. The maximum Gasteiger partial charge on any atom is 0.330 e. The highest BCUT2D eigenvalue weighted by molar-refractivity contribution is 4.96. The summed E-state index contributed by atoms with van der Waals surface area (Å²) in [6.45, 7) is -0.493. The molecule has 1 aromatic rings. The fourth-order valence-corrected chi connectivity index (χ4v) is 1.92. The smallest absolute Gasteiger partial charge is 0.330 e. The van der Waals surface area contributed by atoms with Gasteiger partial charge in [0.2, 0.25) is 0 Å². The summed E-state index contributed by atoms with van der Waals surface area (Å²) in [5, 5.41) is 22.2. The van der Waals surface area contributed by atoms with E-state index in [1.165, 1.54) is 0 Å². The third-order valence-electron chi connectivity index (χ3n) is 2.83. The second-order valence-corrected chi connectivity index (χ2v) is 3.95. The molecule has 19 heavy (non-hydrogen) atoms. The van der Waals surface area contributed by atoms with Crippen LogP contribution in [0.2, 0.25) is 0 Å². The van der Waals surface area contributed by atoms with Gasteiger partial charge in [0.25, 0.3) is 5.56 Å². The number of hydrogen-bond acceptors (Lipinski definition) is 6. The standard InChI is InChI=1S/C9H11N5O5/c10-13-12-6-7(17)4(3-15)19-8(6)14-2-1-5(16)11-9(14)18/h1-2,4,6-8,15,17H,3H2,(H,11,16,18)/t4-,6+,7+,8+/m0/s1. The van der Waals surface area contributed by atoms with Gasteiger partial charge in [-0.3, -0.25) is 14.3 Å². The molecule has 0 aliphatic carbocycles. The summed E-state index contributed by atoms with van der Waals surface area (Å²) >= 11 is 0. The summed E-state index contributed by atoms with van der Waals surface area (Å²) in [5.41, 5.74) is 7.12. The van der Waals surface area contributed by atoms with E-state index < -0.39 is 42.3 Å². The summed E-state index contributed by atoms with van der Waals surface area (Å²) in [5.74, 6) is 0. The van der Waals surface area contributed by atoms with Crippen molar-refractivity contribution in [2.24, 2.45) is 5.11 Å². The van der Waals surface area contributed by atoms with Gasteiger partial charge >= 0.3 is 5.69 Å². The van der Waals surface area contributed by atoms with Crippen LogP contribution < -0.4 is 11.2 Å². The first kappa shape index (κ1) is 13.3. The van der Waals surface area contributed by atoms with Crippen molar-refractivity contribution in [3.05, 3.63) is 43.5 Å². The van der Waals surface area contributed by atoms with Gasteiger partial charge in [0.1, 0.15) is 18.4 Å². The van der Waals surface area contributed by atoms with E-state index in [4.69, 9.17) is 15.4 Å². The van der Waals surface area contributed by atoms with Crippen molar-refractivity contribution in [3.63, 3.8) is 0 Å². The fraction of sp³-hybridized carbons (Fsp3) is 0.556. The Kier molecular flexibility index (Phi) is 3.67. The number of aromatic nitrogens is 2. The zero-order chi connectivity index (χ0) is 14.0. The Hall–Kier alpha value is -2.13. The summed E-state index contributed by atoms with van der Waals surface area (Å²) in [6.07, 6.45) is -2.14. The molecule has 0 amide bonds. The highest BCUT2D eigenvalue weighted by atomic mass is 16.5. The zero-order valence-corrected chi connectivity index (χ0v) is 9.58. The molecule has 0 bridgehead atoms. The molecule has 1 aliphatic heterocycles. The number of nitrogens with one attached hydrogen (secondary N) is 1. The van der Waals surface area contributed by atoms with Gasteiger partial charge in [0.15, 0.2) is 0 Å². The minimum absolute atomic E-state index is 0.493. The monoisotopic (exact) mass is 269 g/mol. The maximum atomic E-state index is 11.6. The second-order valence-electron chi connectivity index (χ2n) is 3.95. The second kappa shape index (κ2) is 5.24. The van der Waals surface area contributed by atoms with Crippen LogP contribution in [0.25, 0.3) is 10.4 Å². The van der Waals surface area contributed by atoms with Crippen LogP contribution in [0.4, 0.5) is 0 Å². The topological polar surface area (TPSA) is 153 Å². The van der Waals surface area contributed by atoms with Crippen LogP contribution in [-0.2, 0) is 4.74 Å². The van der Waals surface area contributed by atoms with Crippen LogP contribution in [0.5, 0.6) is 0 Å². The number of aliphatic hydroxyl groups excluding tert-OH is 2. The van der Waals surface area contributed by atoms with Gasteiger partial charge in [-0.1, -0.05) is 5.11 Å². The number of rotatable bonds is 3. The van der Waals surface area contributed by atoms with Gasteiger partial charge in [-0.2, -0.15) is 0 Å². The average Bonchev–Trinajstić information content (AvgIpc) is 2.68. The third-order valence-corrected chi connectivity index (χ3v) is 2.83. The average molecular weight is 269 g/mol. The first-order valence-electron chi connectivity index (χ1n) is 5.38. The fourth-order valence-electron chi connectivity index (χ4n) is 1.92. The van der Waals surface area contributed by atoms with Gasteiger partial charge in [-0.05, 0) is 5.53 Å². The summed E-state index contributed by atoms with van der Waals surface area (Å²) in [4.78, 5) is 27.2. The number of aromatic amines is 1. The third kappa shape index (κ3) is 2.37. The molecule has 102 valence electrons. The number of hydrogen-bond donors (Lipinski definition) is 3. The molecule has 0 radical (unpaired) electrons. The SMILES string of the molecule is [N-]=[N+]=N[C@@H]1[C@H](O)[C@H](CO)O[C@H]1n1ccc(=O)[nH]c1=O. The molecule has 0 spiro atoms. The van der Waals surface area contributed by atoms with Gasteiger partial charge in [0, 0.05) is 17.2 Å². The van der Waals surface area contributed by atoms with Crippen molar-refractivity contribution >= 4 is 0 Å². The number of aliphatic hydroxyl groups is 2. The molecule has 1 saturated heterocycles. The van der Waals surface area contributed by atoms with E-state index in [-0.39, 0.29) is 0 Å². The maximum absolute atomic E-state index is 11.6. The molecule has 1 aliphatic rings. The van der Waals surface area contributed by atoms with E-state index in [2.05, 4.69) is 10.0 Å². The van der Waals surface area contributed by atoms with Crippen molar-refractivity contribution < 1.29 is 14.9 Å². The van der Waals surface area contributed by atoms with Gasteiger partial charge < -0.3 is 14.9 Å². The molecular formula is C9H11N5O5. The highest BCUT2D eigenvalue weighted by Gasteiger charge is 2.44. The molecule has 2 rings (SSSR count). The lowest BCUT2D eigenvalue weighted by Crippen LogP contribution is -2.36. The Labute approximate surface area is 105 Å². The predicted molar refractivity (Wildman–Crippen MR) is 61.3 cm³/mol. The Morgan fingerprint density at radius 3 is 2.89 bits per heavy atom. The van der Waals surface area contributed by atoms with Crippen molar-refractivity contribution in [2.75, 3.05) is 6.61 Å². The molecule has 0 unspecified atom stereocenters. The molecule has 3 N–H and O–H groups in total. The van der Waals surface area contributed by atoms with E-state index in [1.807, 2.05) is 4.98 Å². The minimum atomic E-state index is -1.25. The molecule has 1 aromatic heterocycles. The normalized spacial score (nSPS) is 30.0. The number of nitrogens with zero attached hydrogens (tertiary/aromatic N) is 4. The Bertz CT molecular complexity index is 618. The quantitative estimate of drug-likeness (QED) is 0.345. The molecule has 0 aromatic carbocycles. The van der Waals surface area contributed by atoms with Crippen molar-refractivity contribution in [1.82, 2.24) is 9.55 Å². The van der Waals surface area contributed by atoms with E-state index >= 15 is 0 Å². The Morgan fingerprint density at radius 1 is 1.58 bits per heavy atom. The van der Waals surface area contributed by atoms with Crippen molar-refractivity contribution in [3.8, 4) is 0 Å². The van der Waals surface area contributed by atoms with Gasteiger partial charge in [0.05, 0.1) is 12.7 Å². The minimum Gasteiger partial charge on any atom is -0.394 e. The first-order valence-corrected chi connectivity index (χ1v) is 5.38. The van der Waals surface area contributed by atoms with E-state index in [0.717, 1.165) is 16.8 Å². The number of ether oxygens (including phenoxy) is 1. The molecule has 10 nitrogen and oxygen atoms in total. The van der Waals surface area contributed by atoms with E-state index in [0.29, 0.717) is 0 Å². The predicted octanol–water partition coefficient (Wildman–Crippen LogP) is -1.53. The van der Waals surface area contributed by atoms with Crippen LogP contribution in [-0.4, -0.2) is 44.6 Å². The van der Waals surface area contributed by atoms with E-state index in [1.54, 1.807) is 0 Å². The number of H-pyrrole nitrogens is 1. The van der Waals surface area contributed by atoms with Crippen LogP contribution in [0.1, 0.15) is 6.23 Å². The molecule has 2 heterocycles. The van der Waals surface area contributed by atoms with Gasteiger partial charge in [-0.25, -0.2) is 4.79 Å². The summed E-state index contributed by atoms with van der Waals surface area (Å²) in [7, 11) is 0. The molecular weight excluding hydrogens is 258 g/mol. The van der Waals surface area contributed by atoms with Crippen LogP contribution in [0, 0.1) is 0 Å². The molecule has 1 fully saturated rings. The summed E-state index contributed by atoms with van der Waals surface area (Å²) in [6, 6.07) is 0.0158. The molecule has 4 atom stereocenters. The van der Waals surface area contributed by atoms with Crippen molar-refractivity contribution in [1.29, 1.82) is 0 Å². The van der Waals surface area contributed by atoms with E-state index in [9.17, 15) is 14.7 Å². The lowest BCUT2D eigenvalue weighted by atomic mass is 10.1. The molecule has 0 saturated carbocycles. The largest absolute Gasteiger partial charge is 0.394 e. The number of azide groups is 1. The van der Waals surface area contributed by atoms with Crippen LogP contribution in [0.3, 0.4) is 0 Å². The zero-order valence-electron chi connectivity index (χ0n) is 9.58. The first-order chi connectivity index (χ1) is 9.08. The summed E-state index contributed by atoms with van der Waals surface area (Å²) < 4.78 is 6.26. The van der Waals surface area contributed by atoms with Crippen LogP contribution >= 0.6 is 0 Å². The van der Waals surface area contributed by atoms with Crippen molar-refractivity contribution in [2.45, 2.75) is 24.5 Å². The molecule has 10 heteroatoms. The van der Waals surface area contributed by atoms with Crippen LogP contribution in [0.15, 0.2) is 27.0 Å². The highest BCUT2D eigenvalue weighted by Crippen LogP contribution is 2.30. The Morgan fingerprint density at radius 2 is 2.32 bits per heavy atom.